The molecule has 1 aliphatic heterocycles. The molecule has 2 atom stereocenters. The second-order valence-electron chi connectivity index (χ2n) is 5.30. The number of anilines is 1. The molecule has 0 bridgehead atoms. The molecule has 6 heteroatoms. The summed E-state index contributed by atoms with van der Waals surface area (Å²) in [6, 6.07) is 3.79. The molecule has 0 radical (unpaired) electrons. The van der Waals surface area contributed by atoms with Crippen molar-refractivity contribution in [2.75, 3.05) is 18.0 Å². The summed E-state index contributed by atoms with van der Waals surface area (Å²) < 4.78 is 0. The van der Waals surface area contributed by atoms with E-state index in [1.807, 2.05) is 6.92 Å². The van der Waals surface area contributed by atoms with Crippen LogP contribution >= 0.6 is 0 Å². The summed E-state index contributed by atoms with van der Waals surface area (Å²) in [4.78, 5) is 12.9. The smallest absolute Gasteiger partial charge is 0.303 e. The lowest BCUT2D eigenvalue weighted by molar-refractivity contribution is -0.138. The van der Waals surface area contributed by atoms with Gasteiger partial charge in [0.1, 0.15) is 6.07 Å². The van der Waals surface area contributed by atoms with Crippen LogP contribution in [0.1, 0.15) is 31.7 Å². The third kappa shape index (κ3) is 3.23. The molecule has 20 heavy (non-hydrogen) atoms. The third-order valence-corrected chi connectivity index (χ3v) is 3.88. The van der Waals surface area contributed by atoms with Crippen LogP contribution in [0.4, 0.5) is 5.82 Å². The average Bonchev–Trinajstić information content (AvgIpc) is 2.46. The molecule has 1 aliphatic rings. The number of hydrogen-bond acceptors (Lipinski definition) is 5. The summed E-state index contributed by atoms with van der Waals surface area (Å²) in [5, 5.41) is 25.9. The lowest BCUT2D eigenvalue weighted by Crippen LogP contribution is -2.39. The molecule has 2 unspecified atom stereocenters. The predicted octanol–water partition coefficient (Wildman–Crippen LogP) is 1.68. The summed E-state index contributed by atoms with van der Waals surface area (Å²) in [6.45, 7) is 3.55. The first-order valence-electron chi connectivity index (χ1n) is 6.80. The Bertz CT molecular complexity index is 526. The molecule has 0 aromatic carbocycles. The predicted molar refractivity (Wildman–Crippen MR) is 73.1 cm³/mol. The fourth-order valence-corrected chi connectivity index (χ4v) is 2.75. The topological polar surface area (TPSA) is 90.1 Å². The number of nitriles is 1. The lowest BCUT2D eigenvalue weighted by atomic mass is 9.84. The lowest BCUT2D eigenvalue weighted by Gasteiger charge is -2.36. The van der Waals surface area contributed by atoms with Gasteiger partial charge in [-0.05, 0) is 30.7 Å². The van der Waals surface area contributed by atoms with Crippen molar-refractivity contribution in [3.63, 3.8) is 0 Å². The SMILES string of the molecule is CC(CC(=O)O)C1CCCN(c2nnccc2C#N)C1. The van der Waals surface area contributed by atoms with Gasteiger partial charge < -0.3 is 10.0 Å². The van der Waals surface area contributed by atoms with Gasteiger partial charge in [-0.2, -0.15) is 10.4 Å². The minimum Gasteiger partial charge on any atom is -0.481 e. The Balaban J connectivity index is 2.11. The quantitative estimate of drug-likeness (QED) is 0.898. The first-order chi connectivity index (χ1) is 9.61. The number of nitrogens with zero attached hydrogens (tertiary/aromatic N) is 4. The van der Waals surface area contributed by atoms with E-state index in [2.05, 4.69) is 21.2 Å². The van der Waals surface area contributed by atoms with Crippen LogP contribution in [0.3, 0.4) is 0 Å². The van der Waals surface area contributed by atoms with E-state index in [1.165, 1.54) is 6.20 Å². The molecule has 0 aliphatic carbocycles. The van der Waals surface area contributed by atoms with Crippen molar-refractivity contribution in [1.82, 2.24) is 10.2 Å². The monoisotopic (exact) mass is 274 g/mol. The summed E-state index contributed by atoms with van der Waals surface area (Å²) in [6.07, 6.45) is 3.70. The maximum absolute atomic E-state index is 10.8. The van der Waals surface area contributed by atoms with E-state index in [0.29, 0.717) is 17.3 Å². The van der Waals surface area contributed by atoms with Crippen molar-refractivity contribution in [3.8, 4) is 6.07 Å². The first-order valence-corrected chi connectivity index (χ1v) is 6.80. The summed E-state index contributed by atoms with van der Waals surface area (Å²) in [5.74, 6) is 0.292. The number of aromatic nitrogens is 2. The molecule has 0 amide bonds. The highest BCUT2D eigenvalue weighted by Crippen LogP contribution is 2.29. The number of carbonyl (C=O) groups is 1. The Morgan fingerprint density at radius 1 is 1.70 bits per heavy atom. The number of aliphatic carboxylic acids is 1. The zero-order chi connectivity index (χ0) is 14.5. The average molecular weight is 274 g/mol. The summed E-state index contributed by atoms with van der Waals surface area (Å²) >= 11 is 0. The second-order valence-corrected chi connectivity index (χ2v) is 5.30. The van der Waals surface area contributed by atoms with Gasteiger partial charge in [0, 0.05) is 19.5 Å². The van der Waals surface area contributed by atoms with Crippen LogP contribution < -0.4 is 4.90 Å². The van der Waals surface area contributed by atoms with E-state index >= 15 is 0 Å². The standard InChI is InChI=1S/C14H18N4O2/c1-10(7-13(19)20)12-3-2-6-18(9-12)14-11(8-15)4-5-16-17-14/h4-5,10,12H,2-3,6-7,9H2,1H3,(H,19,20). The van der Waals surface area contributed by atoms with Crippen LogP contribution in [0.2, 0.25) is 0 Å². The molecule has 106 valence electrons. The van der Waals surface area contributed by atoms with E-state index in [9.17, 15) is 4.79 Å². The molecule has 2 rings (SSSR count). The van der Waals surface area contributed by atoms with Gasteiger partial charge in [0.2, 0.25) is 0 Å². The normalized spacial score (nSPS) is 20.2. The highest BCUT2D eigenvalue weighted by atomic mass is 16.4. The molecule has 0 spiro atoms. The van der Waals surface area contributed by atoms with Gasteiger partial charge in [-0.3, -0.25) is 4.79 Å². The number of piperidine rings is 1. The zero-order valence-electron chi connectivity index (χ0n) is 11.5. The molecule has 6 nitrogen and oxygen atoms in total. The maximum atomic E-state index is 10.8. The number of rotatable bonds is 4. The Hall–Kier alpha value is -2.16. The third-order valence-electron chi connectivity index (χ3n) is 3.88. The molecular weight excluding hydrogens is 256 g/mol. The van der Waals surface area contributed by atoms with Crippen LogP contribution in [0.5, 0.6) is 0 Å². The summed E-state index contributed by atoms with van der Waals surface area (Å²) in [7, 11) is 0. The summed E-state index contributed by atoms with van der Waals surface area (Å²) in [5.41, 5.74) is 0.520. The van der Waals surface area contributed by atoms with Gasteiger partial charge in [0.25, 0.3) is 0 Å². The number of carboxylic acid groups (broad SMARTS) is 1. The minimum atomic E-state index is -0.758. The van der Waals surface area contributed by atoms with Crippen molar-refractivity contribution in [3.05, 3.63) is 17.8 Å². The van der Waals surface area contributed by atoms with Crippen LogP contribution in [0, 0.1) is 23.2 Å². The molecule has 1 N–H and O–H groups in total. The first kappa shape index (κ1) is 14.3. The second kappa shape index (κ2) is 6.33. The highest BCUT2D eigenvalue weighted by Gasteiger charge is 2.27. The van der Waals surface area contributed by atoms with Crippen LogP contribution in [0.25, 0.3) is 0 Å². The molecule has 1 aromatic heterocycles. The van der Waals surface area contributed by atoms with Gasteiger partial charge >= 0.3 is 5.97 Å². The Kier molecular flexibility index (Phi) is 4.51. The zero-order valence-corrected chi connectivity index (χ0v) is 11.5. The highest BCUT2D eigenvalue weighted by molar-refractivity contribution is 5.67. The minimum absolute atomic E-state index is 0.123. The van der Waals surface area contributed by atoms with Gasteiger partial charge in [0.05, 0.1) is 11.8 Å². The number of carboxylic acids is 1. The molecule has 0 saturated carbocycles. The molecule has 1 aromatic rings. The largest absolute Gasteiger partial charge is 0.481 e. The molecule has 2 heterocycles. The van der Waals surface area contributed by atoms with E-state index < -0.39 is 5.97 Å². The molecular formula is C14H18N4O2. The van der Waals surface area contributed by atoms with Crippen molar-refractivity contribution in [1.29, 1.82) is 5.26 Å². The maximum Gasteiger partial charge on any atom is 0.303 e. The molecule has 1 fully saturated rings. The van der Waals surface area contributed by atoms with E-state index in [-0.39, 0.29) is 12.3 Å². The van der Waals surface area contributed by atoms with Crippen molar-refractivity contribution >= 4 is 11.8 Å². The fraction of sp³-hybridized carbons (Fsp3) is 0.571. The van der Waals surface area contributed by atoms with Crippen LogP contribution in [0.15, 0.2) is 12.3 Å². The van der Waals surface area contributed by atoms with E-state index in [0.717, 1.165) is 25.9 Å². The van der Waals surface area contributed by atoms with Gasteiger partial charge in [0.15, 0.2) is 5.82 Å². The fourth-order valence-electron chi connectivity index (χ4n) is 2.75. The van der Waals surface area contributed by atoms with Gasteiger partial charge in [-0.25, -0.2) is 0 Å². The van der Waals surface area contributed by atoms with Crippen LogP contribution in [-0.2, 0) is 4.79 Å². The van der Waals surface area contributed by atoms with E-state index in [1.54, 1.807) is 6.07 Å². The van der Waals surface area contributed by atoms with E-state index in [4.69, 9.17) is 10.4 Å². The Morgan fingerprint density at radius 3 is 3.20 bits per heavy atom. The Labute approximate surface area is 118 Å². The number of hydrogen-bond donors (Lipinski definition) is 1. The van der Waals surface area contributed by atoms with Crippen LogP contribution in [-0.4, -0.2) is 34.4 Å². The Morgan fingerprint density at radius 2 is 2.50 bits per heavy atom. The molecule has 1 saturated heterocycles. The van der Waals surface area contributed by atoms with Crippen molar-refractivity contribution in [2.45, 2.75) is 26.2 Å². The van der Waals surface area contributed by atoms with Crippen molar-refractivity contribution in [2.24, 2.45) is 11.8 Å². The van der Waals surface area contributed by atoms with Gasteiger partial charge in [-0.1, -0.05) is 6.92 Å². The van der Waals surface area contributed by atoms with Gasteiger partial charge in [-0.15, -0.1) is 5.10 Å². The van der Waals surface area contributed by atoms with Crippen molar-refractivity contribution < 1.29 is 9.90 Å².